The van der Waals surface area contributed by atoms with Gasteiger partial charge >= 0.3 is 0 Å². The second-order valence-electron chi connectivity index (χ2n) is 4.22. The molecule has 0 saturated heterocycles. The molecule has 0 spiro atoms. The van der Waals surface area contributed by atoms with Crippen molar-refractivity contribution in [1.82, 2.24) is 15.4 Å². The van der Waals surface area contributed by atoms with Gasteiger partial charge in [-0.05, 0) is 34.9 Å². The average molecular weight is 211 g/mol. The molecule has 1 N–H and O–H groups in total. The van der Waals surface area contributed by atoms with E-state index in [9.17, 15) is 0 Å². The standard InChI is InChI=1S/C11H21N3O/c1-8(12-6-7-14(4)5)11-9(2)13-15-10(11)3/h8,12H,6-7H2,1-5H3. The first-order chi connectivity index (χ1) is 7.02. The Hall–Kier alpha value is -0.870. The lowest BCUT2D eigenvalue weighted by atomic mass is 10.1. The van der Waals surface area contributed by atoms with Gasteiger partial charge in [0.25, 0.3) is 0 Å². The molecule has 4 heteroatoms. The van der Waals surface area contributed by atoms with Crippen LogP contribution in [-0.4, -0.2) is 37.2 Å². The predicted octanol–water partition coefficient (Wildman–Crippen LogP) is 1.50. The van der Waals surface area contributed by atoms with Gasteiger partial charge in [0.15, 0.2) is 0 Å². The highest BCUT2D eigenvalue weighted by atomic mass is 16.5. The minimum atomic E-state index is 0.302. The Morgan fingerprint density at radius 1 is 1.40 bits per heavy atom. The highest BCUT2D eigenvalue weighted by Gasteiger charge is 2.15. The molecule has 1 atom stereocenters. The summed E-state index contributed by atoms with van der Waals surface area (Å²) >= 11 is 0. The zero-order valence-corrected chi connectivity index (χ0v) is 10.3. The van der Waals surface area contributed by atoms with Crippen LogP contribution in [0.15, 0.2) is 4.52 Å². The summed E-state index contributed by atoms with van der Waals surface area (Å²) in [5, 5.41) is 7.41. The predicted molar refractivity (Wildman–Crippen MR) is 60.9 cm³/mol. The number of likely N-dealkylation sites (N-methyl/N-ethyl adjacent to an activating group) is 1. The Bertz CT molecular complexity index is 287. The van der Waals surface area contributed by atoms with Crippen molar-refractivity contribution in [3.8, 4) is 0 Å². The van der Waals surface area contributed by atoms with Crippen molar-refractivity contribution < 1.29 is 4.52 Å². The third kappa shape index (κ3) is 3.32. The molecular weight excluding hydrogens is 190 g/mol. The van der Waals surface area contributed by atoms with Crippen molar-refractivity contribution in [3.63, 3.8) is 0 Å². The largest absolute Gasteiger partial charge is 0.361 e. The molecule has 0 fully saturated rings. The van der Waals surface area contributed by atoms with E-state index in [-0.39, 0.29) is 0 Å². The van der Waals surface area contributed by atoms with E-state index in [1.807, 2.05) is 13.8 Å². The van der Waals surface area contributed by atoms with Crippen LogP contribution in [0.5, 0.6) is 0 Å². The van der Waals surface area contributed by atoms with Gasteiger partial charge in [-0.3, -0.25) is 0 Å². The fourth-order valence-corrected chi connectivity index (χ4v) is 1.71. The van der Waals surface area contributed by atoms with E-state index in [0.29, 0.717) is 6.04 Å². The van der Waals surface area contributed by atoms with Crippen molar-refractivity contribution in [2.24, 2.45) is 0 Å². The summed E-state index contributed by atoms with van der Waals surface area (Å²) in [5.74, 6) is 0.914. The smallest absolute Gasteiger partial charge is 0.138 e. The summed E-state index contributed by atoms with van der Waals surface area (Å²) in [6, 6.07) is 0.302. The van der Waals surface area contributed by atoms with E-state index in [2.05, 4.69) is 36.4 Å². The Kier molecular flexibility index (Phi) is 4.29. The first kappa shape index (κ1) is 12.2. The second kappa shape index (κ2) is 5.28. The summed E-state index contributed by atoms with van der Waals surface area (Å²) in [6.45, 7) is 8.09. The van der Waals surface area contributed by atoms with Gasteiger partial charge in [-0.15, -0.1) is 0 Å². The van der Waals surface area contributed by atoms with Crippen LogP contribution in [0.25, 0.3) is 0 Å². The van der Waals surface area contributed by atoms with E-state index >= 15 is 0 Å². The van der Waals surface area contributed by atoms with Crippen LogP contribution < -0.4 is 5.32 Å². The minimum Gasteiger partial charge on any atom is -0.361 e. The zero-order valence-electron chi connectivity index (χ0n) is 10.3. The van der Waals surface area contributed by atoms with Crippen LogP contribution in [0.3, 0.4) is 0 Å². The Balaban J connectivity index is 2.50. The number of aryl methyl sites for hydroxylation is 2. The van der Waals surface area contributed by atoms with Gasteiger partial charge < -0.3 is 14.7 Å². The summed E-state index contributed by atoms with van der Waals surface area (Å²) in [6.07, 6.45) is 0. The number of hydrogen-bond acceptors (Lipinski definition) is 4. The number of rotatable bonds is 5. The molecule has 0 aliphatic carbocycles. The highest BCUT2D eigenvalue weighted by molar-refractivity contribution is 5.24. The summed E-state index contributed by atoms with van der Waals surface area (Å²) in [5.41, 5.74) is 2.17. The summed E-state index contributed by atoms with van der Waals surface area (Å²) in [4.78, 5) is 2.16. The van der Waals surface area contributed by atoms with Gasteiger partial charge in [0, 0.05) is 24.7 Å². The molecule has 1 unspecified atom stereocenters. The Labute approximate surface area is 91.6 Å². The molecule has 0 aliphatic rings. The average Bonchev–Trinajstić information content (AvgIpc) is 2.45. The van der Waals surface area contributed by atoms with Crippen molar-refractivity contribution in [2.45, 2.75) is 26.8 Å². The molecule has 4 nitrogen and oxygen atoms in total. The van der Waals surface area contributed by atoms with E-state index in [4.69, 9.17) is 4.52 Å². The third-order valence-corrected chi connectivity index (χ3v) is 2.53. The molecular formula is C11H21N3O. The maximum Gasteiger partial charge on any atom is 0.138 e. The third-order valence-electron chi connectivity index (χ3n) is 2.53. The van der Waals surface area contributed by atoms with Crippen LogP contribution in [0.1, 0.15) is 30.0 Å². The maximum absolute atomic E-state index is 5.14. The molecule has 0 saturated carbocycles. The molecule has 1 rings (SSSR count). The van der Waals surface area contributed by atoms with Gasteiger partial charge in [-0.25, -0.2) is 0 Å². The second-order valence-corrected chi connectivity index (χ2v) is 4.22. The van der Waals surface area contributed by atoms with Gasteiger partial charge in [0.05, 0.1) is 5.69 Å². The molecule has 1 aromatic rings. The lowest BCUT2D eigenvalue weighted by molar-refractivity contribution is 0.382. The van der Waals surface area contributed by atoms with E-state index < -0.39 is 0 Å². The first-order valence-corrected chi connectivity index (χ1v) is 5.33. The van der Waals surface area contributed by atoms with Crippen LogP contribution in [0, 0.1) is 13.8 Å². The van der Waals surface area contributed by atoms with E-state index in [1.54, 1.807) is 0 Å². The maximum atomic E-state index is 5.14. The summed E-state index contributed by atoms with van der Waals surface area (Å²) in [7, 11) is 4.14. The van der Waals surface area contributed by atoms with Crippen LogP contribution >= 0.6 is 0 Å². The molecule has 0 aliphatic heterocycles. The van der Waals surface area contributed by atoms with Gasteiger partial charge in [0.1, 0.15) is 5.76 Å². The molecule has 0 aromatic carbocycles. The zero-order chi connectivity index (χ0) is 11.4. The van der Waals surface area contributed by atoms with E-state index in [0.717, 1.165) is 24.5 Å². The van der Waals surface area contributed by atoms with Gasteiger partial charge in [0.2, 0.25) is 0 Å². The van der Waals surface area contributed by atoms with E-state index in [1.165, 1.54) is 5.56 Å². The Morgan fingerprint density at radius 2 is 2.07 bits per heavy atom. The molecule has 15 heavy (non-hydrogen) atoms. The molecule has 0 bridgehead atoms. The lowest BCUT2D eigenvalue weighted by Crippen LogP contribution is -2.28. The van der Waals surface area contributed by atoms with Crippen molar-refractivity contribution in [2.75, 3.05) is 27.2 Å². The number of nitrogens with zero attached hydrogens (tertiary/aromatic N) is 2. The quantitative estimate of drug-likeness (QED) is 0.801. The lowest BCUT2D eigenvalue weighted by Gasteiger charge is -2.15. The van der Waals surface area contributed by atoms with Gasteiger partial charge in [-0.1, -0.05) is 5.16 Å². The van der Waals surface area contributed by atoms with Crippen molar-refractivity contribution in [1.29, 1.82) is 0 Å². The molecule has 1 aromatic heterocycles. The Morgan fingerprint density at radius 3 is 2.53 bits per heavy atom. The molecule has 0 radical (unpaired) electrons. The van der Waals surface area contributed by atoms with Crippen LogP contribution in [0.2, 0.25) is 0 Å². The normalized spacial score (nSPS) is 13.5. The minimum absolute atomic E-state index is 0.302. The first-order valence-electron chi connectivity index (χ1n) is 5.33. The monoisotopic (exact) mass is 211 g/mol. The van der Waals surface area contributed by atoms with Crippen LogP contribution in [0.4, 0.5) is 0 Å². The van der Waals surface area contributed by atoms with Crippen molar-refractivity contribution >= 4 is 0 Å². The number of aromatic nitrogens is 1. The number of nitrogens with one attached hydrogen (secondary N) is 1. The topological polar surface area (TPSA) is 41.3 Å². The van der Waals surface area contributed by atoms with Crippen molar-refractivity contribution in [3.05, 3.63) is 17.0 Å². The molecule has 0 amide bonds. The van der Waals surface area contributed by atoms with Gasteiger partial charge in [-0.2, -0.15) is 0 Å². The summed E-state index contributed by atoms with van der Waals surface area (Å²) < 4.78 is 5.14. The fourth-order valence-electron chi connectivity index (χ4n) is 1.71. The van der Waals surface area contributed by atoms with Crippen LogP contribution in [-0.2, 0) is 0 Å². The SMILES string of the molecule is Cc1noc(C)c1C(C)NCCN(C)C. The fraction of sp³-hybridized carbons (Fsp3) is 0.727. The highest BCUT2D eigenvalue weighted by Crippen LogP contribution is 2.20. The molecule has 86 valence electrons. The number of hydrogen-bond donors (Lipinski definition) is 1. The molecule has 1 heterocycles.